The van der Waals surface area contributed by atoms with Crippen molar-refractivity contribution in [3.05, 3.63) is 0 Å². The molecule has 0 amide bonds. The molecule has 8 aliphatic heterocycles. The molecule has 44 heteroatoms. The average Bonchev–Trinajstić information content (AvgIpc) is 1.52. The van der Waals surface area contributed by atoms with Crippen LogP contribution in [0.25, 0.3) is 0 Å². The van der Waals surface area contributed by atoms with Crippen molar-refractivity contribution in [2.45, 2.75) is 238 Å². The molecule has 0 radical (unpaired) electrons. The Morgan fingerprint density at radius 2 is 0.510 bits per heavy atom. The van der Waals surface area contributed by atoms with Crippen LogP contribution in [-0.2, 0) is 56.8 Å². The molecule has 96 heavy (non-hydrogen) atoms. The Morgan fingerprint density at radius 3 is 0.792 bits per heavy atom. The van der Waals surface area contributed by atoms with Crippen LogP contribution in [0.2, 0.25) is 0 Å². The van der Waals surface area contributed by atoms with Gasteiger partial charge in [0.2, 0.25) is 0 Å². The van der Waals surface area contributed by atoms with Gasteiger partial charge in [0, 0.05) is 0 Å². The lowest BCUT2D eigenvalue weighted by Gasteiger charge is -2.45. The summed E-state index contributed by atoms with van der Waals surface area (Å²) in [5.74, 6) is 0. The van der Waals surface area contributed by atoms with Gasteiger partial charge >= 0.3 is 0 Å². The fourth-order valence-corrected chi connectivity index (χ4v) is 11.1. The minimum Gasteiger partial charge on any atom is -0.394 e. The molecule has 8 heterocycles. The molecule has 8 fully saturated rings. The minimum absolute atomic E-state index is 0.254. The first-order valence-corrected chi connectivity index (χ1v) is 30.1. The van der Waals surface area contributed by atoms with Crippen molar-refractivity contribution in [1.82, 2.24) is 0 Å². The number of aliphatic hydroxyl groups is 32. The molecule has 0 aromatic heterocycles. The lowest BCUT2D eigenvalue weighted by atomic mass is 9.95. The second kappa shape index (κ2) is 38.7. The van der Waals surface area contributed by atoms with E-state index in [0.717, 1.165) is 0 Å². The molecule has 0 aromatic rings. The maximum Gasteiger partial charge on any atom is 0.187 e. The molecular weight excluding hydrogens is 1330 g/mol. The Morgan fingerprint density at radius 1 is 0.240 bits per heavy atom. The van der Waals surface area contributed by atoms with Gasteiger partial charge in [-0.15, -0.1) is 0 Å². The first-order chi connectivity index (χ1) is 45.2. The Kier molecular flexibility index (Phi) is 34.2. The molecule has 8 aliphatic rings. The number of hydrogen-bond donors (Lipinski definition) is 32. The molecule has 8 rings (SSSR count). The summed E-state index contributed by atoms with van der Waals surface area (Å²) in [6, 6.07) is 0. The highest BCUT2D eigenvalue weighted by atomic mass is 16.7. The van der Waals surface area contributed by atoms with E-state index in [2.05, 4.69) is 0 Å². The minimum atomic E-state index is -1.74. The van der Waals surface area contributed by atoms with E-state index in [0.29, 0.717) is 0 Å². The lowest BCUT2D eigenvalue weighted by Crippen LogP contribution is -2.64. The second-order valence-electron chi connectivity index (χ2n) is 23.7. The van der Waals surface area contributed by atoms with E-state index >= 15 is 0 Å². The van der Waals surface area contributed by atoms with Crippen molar-refractivity contribution in [1.29, 1.82) is 0 Å². The van der Waals surface area contributed by atoms with Gasteiger partial charge in [0.1, 0.15) is 213 Å². The molecule has 39 atom stereocenters. The van der Waals surface area contributed by atoms with Crippen LogP contribution in [-0.4, -0.2) is 488 Å². The van der Waals surface area contributed by atoms with E-state index in [9.17, 15) is 133 Å². The van der Waals surface area contributed by atoms with Gasteiger partial charge in [-0.05, 0) is 0 Å². The summed E-state index contributed by atoms with van der Waals surface area (Å²) in [6.45, 7) is -6.86. The Bertz CT molecular complexity index is 2050. The molecule has 0 bridgehead atoms. The number of ether oxygens (including phenoxy) is 12. The monoisotopic (exact) mass is 1420 g/mol. The summed E-state index contributed by atoms with van der Waals surface area (Å²) < 4.78 is 62.2. The summed E-state index contributed by atoms with van der Waals surface area (Å²) in [7, 11) is 0. The molecule has 0 aromatic carbocycles. The zero-order chi connectivity index (χ0) is 72.1. The third-order valence-electron chi connectivity index (χ3n) is 17.2. The van der Waals surface area contributed by atoms with Gasteiger partial charge in [-0.1, -0.05) is 0 Å². The van der Waals surface area contributed by atoms with E-state index in [4.69, 9.17) is 87.5 Å². The van der Waals surface area contributed by atoms with Crippen LogP contribution in [0.4, 0.5) is 0 Å². The Hall–Kier alpha value is -1.76. The van der Waals surface area contributed by atoms with Crippen LogP contribution in [0.1, 0.15) is 0 Å². The lowest BCUT2D eigenvalue weighted by molar-refractivity contribution is -0.355. The normalized spacial score (nSPS) is 49.9. The van der Waals surface area contributed by atoms with E-state index in [1.807, 2.05) is 0 Å². The van der Waals surface area contributed by atoms with Gasteiger partial charge < -0.3 is 220 Å². The predicted octanol–water partition coefficient (Wildman–Crippen LogP) is -21.4. The molecule has 44 nitrogen and oxygen atoms in total. The Labute approximate surface area is 543 Å². The van der Waals surface area contributed by atoms with Gasteiger partial charge in [-0.2, -0.15) is 0 Å². The molecule has 8 saturated heterocycles. The van der Waals surface area contributed by atoms with Gasteiger partial charge in [-0.3, -0.25) is 0 Å². The summed E-state index contributed by atoms with van der Waals surface area (Å²) in [5.41, 5.74) is -1.67. The largest absolute Gasteiger partial charge is 0.394 e. The van der Waals surface area contributed by atoms with Gasteiger partial charge in [-0.25, -0.2) is 0 Å². The number of rotatable bonds is 21. The van der Waals surface area contributed by atoms with Crippen LogP contribution < -0.4 is 0 Å². The predicted molar refractivity (Wildman–Crippen MR) is 294 cm³/mol. The fraction of sp³-hybridized carbons (Fsp3) is 1.00. The summed E-state index contributed by atoms with van der Waals surface area (Å²) in [4.78, 5) is 0. The van der Waals surface area contributed by atoms with E-state index in [-0.39, 0.29) is 19.8 Å². The van der Waals surface area contributed by atoms with Crippen LogP contribution in [0, 0.1) is 0 Å². The van der Waals surface area contributed by atoms with E-state index in [1.165, 1.54) is 0 Å². The van der Waals surface area contributed by atoms with Crippen molar-refractivity contribution in [3.8, 4) is 0 Å². The smallest absolute Gasteiger partial charge is 0.187 e. The quantitative estimate of drug-likeness (QED) is 0.0507. The van der Waals surface area contributed by atoms with Gasteiger partial charge in [0.05, 0.1) is 85.9 Å². The van der Waals surface area contributed by atoms with Crippen molar-refractivity contribution < 1.29 is 220 Å². The zero-order valence-electron chi connectivity index (χ0n) is 50.8. The summed E-state index contributed by atoms with van der Waals surface area (Å²) >= 11 is 0. The maximum atomic E-state index is 10.0. The van der Waals surface area contributed by atoms with E-state index in [1.54, 1.807) is 0 Å². The third-order valence-corrected chi connectivity index (χ3v) is 17.2. The SMILES string of the molecule is OCC1OC(COC[C@H]2OC(CO)[C@@H](O)C(O)C2O)C(O)C(O)[C@@H]1O.OCC1O[C@@H](O[C@@H]2C(CO)O[C@@H](O)C(O)C2O)C(O)C(O)[C@@H]1O.OCC1O[C@@H](O[C@@H]2C(CO)O[C@@H](O)C(O)C2O)C(O)C(O)[C@H]1O.OCC1O[C@H](COC[C@]2(CO)O[C@H](CO)C(O)C2O)C(O)C(O)[C@@H]1O. The Balaban J connectivity index is 0.000000232. The number of aliphatic hydroxyl groups excluding tert-OH is 32. The van der Waals surface area contributed by atoms with Crippen molar-refractivity contribution in [3.63, 3.8) is 0 Å². The molecule has 32 N–H and O–H groups in total. The fourth-order valence-electron chi connectivity index (χ4n) is 11.1. The molecule has 0 saturated carbocycles. The van der Waals surface area contributed by atoms with Crippen molar-refractivity contribution in [2.75, 3.05) is 85.9 Å². The summed E-state index contributed by atoms with van der Waals surface area (Å²) in [5, 5.41) is 307. The average molecular weight is 1430 g/mol. The topological polar surface area (TPSA) is 758 Å². The van der Waals surface area contributed by atoms with Gasteiger partial charge in [0.25, 0.3) is 0 Å². The standard InChI is InChI=1S/2C14H26O11.2C12H22O11/c15-1-6-9(18)12(21)10(19)8(24-6)3-23-5-14(4-17)13(22)11(20)7(2-16)25-14;15-1-5-9(17)13(21)11(19)7(24-5)3-23-4-8-12(20)14(22)10(18)6(2-16)25-8;2*13-1-3-5(15)6(16)9(19)12(22-3)23-10-4(2-14)21-11(20)8(18)7(10)17/h6-13,15-22H,1-5H2;5-22H,1-4H2;2*3-20H,1-2H2/t6?,7-,8-,9-,10?,11?,12?,13?,14+;5?,6?,7-,8?,9-,10-,11?,12?,13?,14?;3?,4?,5-,6?,7?,8?,9?,10+,11+,12-;3?,4?,5-,6?,7?,8?,9?,10-,11-,12+/m1101/s1. The van der Waals surface area contributed by atoms with Crippen molar-refractivity contribution >= 4 is 0 Å². The molecule has 0 aliphatic carbocycles. The summed E-state index contributed by atoms with van der Waals surface area (Å²) in [6.07, 6.45) is -54.9. The zero-order valence-corrected chi connectivity index (χ0v) is 50.8. The van der Waals surface area contributed by atoms with Gasteiger partial charge in [0.15, 0.2) is 25.2 Å². The maximum absolute atomic E-state index is 10.0. The number of hydrogen-bond acceptors (Lipinski definition) is 44. The molecule has 0 spiro atoms. The second-order valence-corrected chi connectivity index (χ2v) is 23.7. The van der Waals surface area contributed by atoms with Crippen LogP contribution >= 0.6 is 0 Å². The highest BCUT2D eigenvalue weighted by Crippen LogP contribution is 2.34. The molecule has 24 unspecified atom stereocenters. The van der Waals surface area contributed by atoms with Crippen LogP contribution in [0.5, 0.6) is 0 Å². The third kappa shape index (κ3) is 19.7. The molecular formula is C52H96O44. The highest BCUT2D eigenvalue weighted by molar-refractivity contribution is 5.03. The van der Waals surface area contributed by atoms with Crippen LogP contribution in [0.3, 0.4) is 0 Å². The first-order valence-electron chi connectivity index (χ1n) is 30.1. The van der Waals surface area contributed by atoms with E-state index < -0.39 is 304 Å². The molecule has 568 valence electrons. The van der Waals surface area contributed by atoms with Crippen molar-refractivity contribution in [2.24, 2.45) is 0 Å². The highest BCUT2D eigenvalue weighted by Gasteiger charge is 2.56. The van der Waals surface area contributed by atoms with Crippen LogP contribution in [0.15, 0.2) is 0 Å². The first kappa shape index (κ1) is 84.9.